The summed E-state index contributed by atoms with van der Waals surface area (Å²) in [5.41, 5.74) is 6.48. The summed E-state index contributed by atoms with van der Waals surface area (Å²) in [6, 6.07) is 6.78. The molecule has 0 saturated carbocycles. The van der Waals surface area contributed by atoms with Gasteiger partial charge in [0.25, 0.3) is 0 Å². The van der Waals surface area contributed by atoms with Crippen molar-refractivity contribution in [1.82, 2.24) is 0 Å². The van der Waals surface area contributed by atoms with E-state index in [9.17, 15) is 4.79 Å². The predicted octanol–water partition coefficient (Wildman–Crippen LogP) is 1.55. The minimum Gasteiger partial charge on any atom is -0.465 e. The first kappa shape index (κ1) is 11.2. The second-order valence-corrected chi connectivity index (χ2v) is 3.46. The van der Waals surface area contributed by atoms with Gasteiger partial charge in [-0.1, -0.05) is 0 Å². The number of carbonyl (C=O) groups excluding carboxylic acids is 1. The number of carbonyl (C=O) groups is 1. The molecule has 0 atom stereocenters. The predicted molar refractivity (Wildman–Crippen MR) is 60.2 cm³/mol. The highest BCUT2D eigenvalue weighted by Gasteiger charge is 2.16. The van der Waals surface area contributed by atoms with Gasteiger partial charge in [0.2, 0.25) is 0 Å². The molecule has 0 radical (unpaired) electrons. The molecule has 0 amide bonds. The van der Waals surface area contributed by atoms with Crippen molar-refractivity contribution < 1.29 is 13.9 Å². The first-order chi connectivity index (χ1) is 8.19. The Bertz CT molecular complexity index is 622. The lowest BCUT2D eigenvalue weighted by atomic mass is 10.1. The van der Waals surface area contributed by atoms with Gasteiger partial charge in [-0.25, -0.2) is 4.79 Å². The molecule has 86 valence electrons. The summed E-state index contributed by atoms with van der Waals surface area (Å²) in [4.78, 5) is 11.6. The van der Waals surface area contributed by atoms with E-state index in [4.69, 9.17) is 15.4 Å². The van der Waals surface area contributed by atoms with E-state index in [1.54, 1.807) is 12.1 Å². The standard InChI is InChI=1S/C12H10N2O3/c1-16-12(15)10-3-7(5-13)2-8-4-9(6-14)17-11(8)10/h2-4H,6,14H2,1H3. The van der Waals surface area contributed by atoms with Gasteiger partial charge in [0.15, 0.2) is 0 Å². The Morgan fingerprint density at radius 3 is 2.88 bits per heavy atom. The number of nitrogens with zero attached hydrogens (tertiary/aromatic N) is 1. The van der Waals surface area contributed by atoms with Crippen molar-refractivity contribution >= 4 is 16.9 Å². The van der Waals surface area contributed by atoms with E-state index in [0.29, 0.717) is 22.3 Å². The number of furan rings is 1. The lowest BCUT2D eigenvalue weighted by Gasteiger charge is -2.00. The zero-order chi connectivity index (χ0) is 12.4. The zero-order valence-corrected chi connectivity index (χ0v) is 9.19. The maximum absolute atomic E-state index is 11.6. The third-order valence-corrected chi connectivity index (χ3v) is 2.40. The third-order valence-electron chi connectivity index (χ3n) is 2.40. The van der Waals surface area contributed by atoms with Crippen molar-refractivity contribution in [2.75, 3.05) is 7.11 Å². The molecule has 0 aliphatic heterocycles. The molecule has 0 fully saturated rings. The van der Waals surface area contributed by atoms with Crippen molar-refractivity contribution in [3.05, 3.63) is 35.1 Å². The van der Waals surface area contributed by atoms with Crippen molar-refractivity contribution in [2.45, 2.75) is 6.54 Å². The van der Waals surface area contributed by atoms with E-state index in [2.05, 4.69) is 4.74 Å². The Labute approximate surface area is 97.4 Å². The second-order valence-electron chi connectivity index (χ2n) is 3.46. The number of ether oxygens (including phenoxy) is 1. The number of methoxy groups -OCH3 is 1. The SMILES string of the molecule is COC(=O)c1cc(C#N)cc2cc(CN)oc12. The van der Waals surface area contributed by atoms with Gasteiger partial charge >= 0.3 is 5.97 Å². The number of nitrogens with two attached hydrogens (primary N) is 1. The van der Waals surface area contributed by atoms with Crippen LogP contribution in [0, 0.1) is 11.3 Å². The summed E-state index contributed by atoms with van der Waals surface area (Å²) in [7, 11) is 1.28. The number of rotatable bonds is 2. The van der Waals surface area contributed by atoms with E-state index < -0.39 is 5.97 Å². The van der Waals surface area contributed by atoms with Crippen LogP contribution in [0.15, 0.2) is 22.6 Å². The van der Waals surface area contributed by atoms with Crippen molar-refractivity contribution in [3.63, 3.8) is 0 Å². The molecular formula is C12H10N2O3. The van der Waals surface area contributed by atoms with Crippen molar-refractivity contribution in [2.24, 2.45) is 5.73 Å². The van der Waals surface area contributed by atoms with Crippen LogP contribution in [0.4, 0.5) is 0 Å². The van der Waals surface area contributed by atoms with Gasteiger partial charge < -0.3 is 14.9 Å². The highest BCUT2D eigenvalue weighted by atomic mass is 16.5. The highest BCUT2D eigenvalue weighted by molar-refractivity contribution is 6.02. The number of hydrogen-bond acceptors (Lipinski definition) is 5. The van der Waals surface area contributed by atoms with Crippen LogP contribution in [0.1, 0.15) is 21.7 Å². The van der Waals surface area contributed by atoms with Crippen molar-refractivity contribution in [3.8, 4) is 6.07 Å². The summed E-state index contributed by atoms with van der Waals surface area (Å²) in [5.74, 6) is 0.0188. The maximum atomic E-state index is 11.6. The topological polar surface area (TPSA) is 89.2 Å². The summed E-state index contributed by atoms with van der Waals surface area (Å²) in [6.45, 7) is 0.233. The van der Waals surface area contributed by atoms with Crippen LogP contribution in [-0.4, -0.2) is 13.1 Å². The Balaban J connectivity index is 2.74. The Hall–Kier alpha value is -2.32. The number of nitriles is 1. The van der Waals surface area contributed by atoms with Crippen LogP contribution in [0.2, 0.25) is 0 Å². The van der Waals surface area contributed by atoms with Gasteiger partial charge in [0.1, 0.15) is 16.9 Å². The van der Waals surface area contributed by atoms with E-state index in [0.717, 1.165) is 0 Å². The second kappa shape index (κ2) is 4.28. The van der Waals surface area contributed by atoms with Gasteiger partial charge in [-0.15, -0.1) is 0 Å². The summed E-state index contributed by atoms with van der Waals surface area (Å²) in [5, 5.41) is 9.55. The van der Waals surface area contributed by atoms with Crippen LogP contribution in [0.5, 0.6) is 0 Å². The molecule has 0 spiro atoms. The first-order valence-electron chi connectivity index (χ1n) is 4.94. The summed E-state index contributed by atoms with van der Waals surface area (Å²) < 4.78 is 10.1. The Morgan fingerprint density at radius 2 is 2.29 bits per heavy atom. The molecule has 5 nitrogen and oxygen atoms in total. The van der Waals surface area contributed by atoms with Crippen LogP contribution >= 0.6 is 0 Å². The van der Waals surface area contributed by atoms with E-state index in [1.807, 2.05) is 6.07 Å². The third kappa shape index (κ3) is 1.86. The van der Waals surface area contributed by atoms with Gasteiger partial charge in [0, 0.05) is 5.39 Å². The van der Waals surface area contributed by atoms with Crippen LogP contribution in [-0.2, 0) is 11.3 Å². The van der Waals surface area contributed by atoms with Gasteiger partial charge in [-0.2, -0.15) is 5.26 Å². The van der Waals surface area contributed by atoms with E-state index in [1.165, 1.54) is 13.2 Å². The van der Waals surface area contributed by atoms with E-state index >= 15 is 0 Å². The van der Waals surface area contributed by atoms with Crippen molar-refractivity contribution in [1.29, 1.82) is 5.26 Å². The fraction of sp³-hybridized carbons (Fsp3) is 0.167. The molecule has 0 aliphatic rings. The minimum absolute atomic E-state index is 0.233. The van der Waals surface area contributed by atoms with Crippen LogP contribution in [0.25, 0.3) is 11.0 Å². The molecule has 2 aromatic rings. The molecule has 1 heterocycles. The van der Waals surface area contributed by atoms with E-state index in [-0.39, 0.29) is 12.1 Å². The average molecular weight is 230 g/mol. The van der Waals surface area contributed by atoms with Crippen LogP contribution < -0.4 is 5.73 Å². The monoisotopic (exact) mass is 230 g/mol. The molecule has 1 aromatic carbocycles. The molecule has 2 rings (SSSR count). The normalized spacial score (nSPS) is 10.2. The molecule has 5 heteroatoms. The van der Waals surface area contributed by atoms with Crippen LogP contribution in [0.3, 0.4) is 0 Å². The average Bonchev–Trinajstić information content (AvgIpc) is 2.79. The summed E-state index contributed by atoms with van der Waals surface area (Å²) in [6.07, 6.45) is 0. The Morgan fingerprint density at radius 1 is 1.53 bits per heavy atom. The lowest BCUT2D eigenvalue weighted by molar-refractivity contribution is 0.0601. The first-order valence-corrected chi connectivity index (χ1v) is 4.94. The number of benzene rings is 1. The minimum atomic E-state index is -0.537. The number of esters is 1. The molecule has 17 heavy (non-hydrogen) atoms. The van der Waals surface area contributed by atoms with Gasteiger partial charge in [0.05, 0.1) is 25.3 Å². The molecule has 0 bridgehead atoms. The number of hydrogen-bond donors (Lipinski definition) is 1. The molecular weight excluding hydrogens is 220 g/mol. The number of fused-ring (bicyclic) bond motifs is 1. The van der Waals surface area contributed by atoms with Gasteiger partial charge in [-0.05, 0) is 18.2 Å². The fourth-order valence-corrected chi connectivity index (χ4v) is 1.63. The largest absolute Gasteiger partial charge is 0.465 e. The zero-order valence-electron chi connectivity index (χ0n) is 9.19. The van der Waals surface area contributed by atoms with Gasteiger partial charge in [-0.3, -0.25) is 0 Å². The molecule has 0 aliphatic carbocycles. The lowest BCUT2D eigenvalue weighted by Crippen LogP contribution is -2.02. The maximum Gasteiger partial charge on any atom is 0.341 e. The Kier molecular flexibility index (Phi) is 2.81. The quantitative estimate of drug-likeness (QED) is 0.790. The summed E-state index contributed by atoms with van der Waals surface area (Å²) >= 11 is 0. The molecule has 1 aromatic heterocycles. The molecule has 0 saturated heterocycles. The molecule has 0 unspecified atom stereocenters. The molecule has 2 N–H and O–H groups in total. The highest BCUT2D eigenvalue weighted by Crippen LogP contribution is 2.25. The fourth-order valence-electron chi connectivity index (χ4n) is 1.63. The smallest absolute Gasteiger partial charge is 0.341 e.